The van der Waals surface area contributed by atoms with Gasteiger partial charge in [0.05, 0.1) is 0 Å². The molecule has 2 N–H and O–H groups in total. The summed E-state index contributed by atoms with van der Waals surface area (Å²) in [5.41, 5.74) is 0.998. The first-order chi connectivity index (χ1) is 8.19. The van der Waals surface area contributed by atoms with Crippen LogP contribution in [0.25, 0.3) is 0 Å². The second kappa shape index (κ2) is 5.63. The van der Waals surface area contributed by atoms with Crippen molar-refractivity contribution in [2.45, 2.75) is 0 Å². The first kappa shape index (κ1) is 12.6. The zero-order valence-corrected chi connectivity index (χ0v) is 12.8. The minimum atomic E-state index is 0.599. The Balaban J connectivity index is 2.22. The number of benzene rings is 1. The zero-order valence-electron chi connectivity index (χ0n) is 9.04. The van der Waals surface area contributed by atoms with Crippen LogP contribution in [0.2, 0.25) is 0 Å². The number of rotatable bonds is 3. The van der Waals surface area contributed by atoms with Crippen LogP contribution in [0.5, 0.6) is 0 Å². The second-order valence-electron chi connectivity index (χ2n) is 3.27. The van der Waals surface area contributed by atoms with Gasteiger partial charge in [0, 0.05) is 27.0 Å². The maximum atomic E-state index is 4.29. The first-order valence-electron chi connectivity index (χ1n) is 4.92. The fourth-order valence-corrected chi connectivity index (χ4v) is 2.03. The molecule has 1 aromatic heterocycles. The predicted octanol–water partition coefficient (Wildman–Crippen LogP) is 3.63. The summed E-state index contributed by atoms with van der Waals surface area (Å²) in [7, 11) is 1.79. The summed E-state index contributed by atoms with van der Waals surface area (Å²) in [6.45, 7) is 0. The SMILES string of the molecule is CNc1nccc(Nc2ccc(Br)c(I)c2)n1. The van der Waals surface area contributed by atoms with Gasteiger partial charge in [-0.25, -0.2) is 4.98 Å². The van der Waals surface area contributed by atoms with Gasteiger partial charge in [0.25, 0.3) is 0 Å². The topological polar surface area (TPSA) is 49.8 Å². The van der Waals surface area contributed by atoms with Gasteiger partial charge in [-0.15, -0.1) is 0 Å². The molecule has 0 amide bonds. The monoisotopic (exact) mass is 404 g/mol. The molecule has 17 heavy (non-hydrogen) atoms. The predicted molar refractivity (Wildman–Crippen MR) is 81.7 cm³/mol. The minimum Gasteiger partial charge on any atom is -0.357 e. The Morgan fingerprint density at radius 2 is 2.12 bits per heavy atom. The number of hydrogen-bond donors (Lipinski definition) is 2. The summed E-state index contributed by atoms with van der Waals surface area (Å²) >= 11 is 5.74. The highest BCUT2D eigenvalue weighted by molar-refractivity contribution is 14.1. The third-order valence-corrected chi connectivity index (χ3v) is 4.40. The number of aromatic nitrogens is 2. The Morgan fingerprint density at radius 1 is 1.29 bits per heavy atom. The smallest absolute Gasteiger partial charge is 0.224 e. The highest BCUT2D eigenvalue weighted by Crippen LogP contribution is 2.24. The lowest BCUT2D eigenvalue weighted by Crippen LogP contribution is -1.99. The van der Waals surface area contributed by atoms with Crippen LogP contribution in [-0.4, -0.2) is 17.0 Å². The Bertz CT molecular complexity index is 533. The minimum absolute atomic E-state index is 0.599. The lowest BCUT2D eigenvalue weighted by atomic mass is 10.3. The van der Waals surface area contributed by atoms with Gasteiger partial charge < -0.3 is 10.6 Å². The summed E-state index contributed by atoms with van der Waals surface area (Å²) in [5.74, 6) is 1.37. The molecule has 0 unspecified atom stereocenters. The maximum Gasteiger partial charge on any atom is 0.224 e. The van der Waals surface area contributed by atoms with Gasteiger partial charge in [0.15, 0.2) is 0 Å². The molecule has 88 valence electrons. The van der Waals surface area contributed by atoms with Crippen LogP contribution >= 0.6 is 38.5 Å². The van der Waals surface area contributed by atoms with E-state index in [1.54, 1.807) is 13.2 Å². The summed E-state index contributed by atoms with van der Waals surface area (Å²) < 4.78 is 2.23. The van der Waals surface area contributed by atoms with Crippen molar-refractivity contribution in [3.8, 4) is 0 Å². The number of halogens is 2. The largest absolute Gasteiger partial charge is 0.357 e. The lowest BCUT2D eigenvalue weighted by Gasteiger charge is -2.07. The highest BCUT2D eigenvalue weighted by Gasteiger charge is 2.01. The number of nitrogens with zero attached hydrogens (tertiary/aromatic N) is 2. The molecule has 1 heterocycles. The van der Waals surface area contributed by atoms with E-state index in [9.17, 15) is 0 Å². The van der Waals surface area contributed by atoms with Gasteiger partial charge in [0.2, 0.25) is 5.95 Å². The van der Waals surface area contributed by atoms with Crippen LogP contribution in [0, 0.1) is 3.57 Å². The van der Waals surface area contributed by atoms with Crippen molar-refractivity contribution in [1.82, 2.24) is 9.97 Å². The second-order valence-corrected chi connectivity index (χ2v) is 5.29. The van der Waals surface area contributed by atoms with Gasteiger partial charge in [-0.05, 0) is 62.8 Å². The van der Waals surface area contributed by atoms with Crippen LogP contribution in [0.15, 0.2) is 34.9 Å². The molecular formula is C11H10BrIN4. The third kappa shape index (κ3) is 3.29. The molecule has 0 fully saturated rings. The normalized spacial score (nSPS) is 10.1. The van der Waals surface area contributed by atoms with Crippen LogP contribution in [-0.2, 0) is 0 Å². The summed E-state index contributed by atoms with van der Waals surface area (Å²) in [4.78, 5) is 8.35. The molecule has 0 radical (unpaired) electrons. The molecule has 4 nitrogen and oxygen atoms in total. The van der Waals surface area contributed by atoms with Gasteiger partial charge in [-0.1, -0.05) is 0 Å². The zero-order chi connectivity index (χ0) is 12.3. The molecule has 0 saturated heterocycles. The lowest BCUT2D eigenvalue weighted by molar-refractivity contribution is 1.15. The molecule has 2 rings (SSSR count). The molecule has 2 aromatic rings. The van der Waals surface area contributed by atoms with E-state index in [0.29, 0.717) is 5.95 Å². The Labute approximate surface area is 122 Å². The maximum absolute atomic E-state index is 4.29. The van der Waals surface area contributed by atoms with Crippen molar-refractivity contribution in [2.75, 3.05) is 17.7 Å². The van der Waals surface area contributed by atoms with Gasteiger partial charge in [-0.3, -0.25) is 0 Å². The van der Waals surface area contributed by atoms with Crippen LogP contribution in [0.3, 0.4) is 0 Å². The molecule has 0 atom stereocenters. The molecule has 1 aromatic carbocycles. The van der Waals surface area contributed by atoms with E-state index in [0.717, 1.165) is 19.5 Å². The van der Waals surface area contributed by atoms with E-state index in [1.165, 1.54) is 0 Å². The van der Waals surface area contributed by atoms with Crippen molar-refractivity contribution in [2.24, 2.45) is 0 Å². The van der Waals surface area contributed by atoms with Crippen molar-refractivity contribution < 1.29 is 0 Å². The van der Waals surface area contributed by atoms with E-state index in [-0.39, 0.29) is 0 Å². The van der Waals surface area contributed by atoms with Gasteiger partial charge in [-0.2, -0.15) is 4.98 Å². The van der Waals surface area contributed by atoms with Crippen molar-refractivity contribution in [3.63, 3.8) is 0 Å². The molecule has 0 spiro atoms. The standard InChI is InChI=1S/C11H10BrIN4/c1-14-11-15-5-4-10(17-11)16-7-2-3-8(12)9(13)6-7/h2-6H,1H3,(H2,14,15,16,17). The van der Waals surface area contributed by atoms with Gasteiger partial charge >= 0.3 is 0 Å². The van der Waals surface area contributed by atoms with E-state index in [1.807, 2.05) is 24.3 Å². The summed E-state index contributed by atoms with van der Waals surface area (Å²) in [5, 5.41) is 6.13. The van der Waals surface area contributed by atoms with E-state index in [2.05, 4.69) is 59.1 Å². The molecule has 6 heteroatoms. The molecule has 0 aliphatic rings. The van der Waals surface area contributed by atoms with Crippen molar-refractivity contribution in [1.29, 1.82) is 0 Å². The van der Waals surface area contributed by atoms with E-state index < -0.39 is 0 Å². The fraction of sp³-hybridized carbons (Fsp3) is 0.0909. The van der Waals surface area contributed by atoms with Crippen LogP contribution in [0.4, 0.5) is 17.5 Å². The molecule has 0 bridgehead atoms. The number of hydrogen-bond acceptors (Lipinski definition) is 4. The Morgan fingerprint density at radius 3 is 2.82 bits per heavy atom. The quantitative estimate of drug-likeness (QED) is 0.767. The first-order valence-corrected chi connectivity index (χ1v) is 6.79. The average Bonchev–Trinajstić information content (AvgIpc) is 2.34. The molecule has 0 saturated carbocycles. The number of anilines is 3. The Kier molecular flexibility index (Phi) is 4.16. The number of nitrogens with one attached hydrogen (secondary N) is 2. The highest BCUT2D eigenvalue weighted by atomic mass is 127. The molecule has 0 aliphatic heterocycles. The fourth-order valence-electron chi connectivity index (χ4n) is 1.27. The average molecular weight is 405 g/mol. The van der Waals surface area contributed by atoms with Crippen LogP contribution < -0.4 is 10.6 Å². The molecular weight excluding hydrogens is 395 g/mol. The van der Waals surface area contributed by atoms with Crippen molar-refractivity contribution >= 4 is 56.0 Å². The van der Waals surface area contributed by atoms with Gasteiger partial charge in [0.1, 0.15) is 5.82 Å². The molecule has 0 aliphatic carbocycles. The van der Waals surface area contributed by atoms with Crippen molar-refractivity contribution in [3.05, 3.63) is 38.5 Å². The third-order valence-electron chi connectivity index (χ3n) is 2.07. The van der Waals surface area contributed by atoms with E-state index in [4.69, 9.17) is 0 Å². The Hall–Kier alpha value is -0.890. The van der Waals surface area contributed by atoms with Crippen LogP contribution in [0.1, 0.15) is 0 Å². The summed E-state index contributed by atoms with van der Waals surface area (Å²) in [6.07, 6.45) is 1.71. The van der Waals surface area contributed by atoms with E-state index >= 15 is 0 Å². The summed E-state index contributed by atoms with van der Waals surface area (Å²) in [6, 6.07) is 7.87.